The van der Waals surface area contributed by atoms with Crippen LogP contribution in [0, 0.1) is 0 Å². The van der Waals surface area contributed by atoms with Crippen molar-refractivity contribution in [2.75, 3.05) is 0 Å². The first-order valence-corrected chi connectivity index (χ1v) is 5.08. The minimum atomic E-state index is 0.348. The fourth-order valence-electron chi connectivity index (χ4n) is 2.28. The Hall–Kier alpha value is -1.38. The fraction of sp³-hybridized carbons (Fsp3) is 0.455. The number of fused-ring (bicyclic) bond motifs is 1. The SMILES string of the molecule is CC1(c2ccc3cncnn23)CCC1. The quantitative estimate of drug-likeness (QED) is 0.685. The summed E-state index contributed by atoms with van der Waals surface area (Å²) < 4.78 is 2.02. The van der Waals surface area contributed by atoms with Crippen LogP contribution in [0.15, 0.2) is 24.7 Å². The van der Waals surface area contributed by atoms with E-state index in [0.717, 1.165) is 5.52 Å². The van der Waals surface area contributed by atoms with E-state index in [1.165, 1.54) is 25.0 Å². The van der Waals surface area contributed by atoms with E-state index in [2.05, 4.69) is 29.1 Å². The number of aromatic nitrogens is 3. The number of rotatable bonds is 1. The van der Waals surface area contributed by atoms with Gasteiger partial charge in [-0.2, -0.15) is 5.10 Å². The second kappa shape index (κ2) is 2.56. The van der Waals surface area contributed by atoms with E-state index in [4.69, 9.17) is 0 Å². The summed E-state index contributed by atoms with van der Waals surface area (Å²) in [5, 5.41) is 4.29. The third-order valence-corrected chi connectivity index (χ3v) is 3.40. The molecule has 14 heavy (non-hydrogen) atoms. The summed E-state index contributed by atoms with van der Waals surface area (Å²) in [6.07, 6.45) is 7.37. The lowest BCUT2D eigenvalue weighted by Crippen LogP contribution is -2.32. The van der Waals surface area contributed by atoms with Crippen LogP contribution >= 0.6 is 0 Å². The van der Waals surface area contributed by atoms with E-state index in [-0.39, 0.29) is 0 Å². The summed E-state index contributed by atoms with van der Waals surface area (Å²) in [4.78, 5) is 4.02. The van der Waals surface area contributed by atoms with Crippen molar-refractivity contribution < 1.29 is 0 Å². The van der Waals surface area contributed by atoms with Crippen LogP contribution in [0.3, 0.4) is 0 Å². The van der Waals surface area contributed by atoms with Gasteiger partial charge < -0.3 is 0 Å². The van der Waals surface area contributed by atoms with Gasteiger partial charge in [0.2, 0.25) is 0 Å². The molecule has 0 saturated heterocycles. The number of hydrogen-bond donors (Lipinski definition) is 0. The Morgan fingerprint density at radius 3 is 2.93 bits per heavy atom. The maximum absolute atomic E-state index is 4.29. The Bertz CT molecular complexity index is 468. The van der Waals surface area contributed by atoms with Crippen molar-refractivity contribution in [1.82, 2.24) is 14.6 Å². The minimum Gasteiger partial charge on any atom is -0.241 e. The zero-order valence-electron chi connectivity index (χ0n) is 8.27. The maximum atomic E-state index is 4.29. The smallest absolute Gasteiger partial charge is 0.136 e. The highest BCUT2D eigenvalue weighted by molar-refractivity contribution is 5.47. The summed E-state index contributed by atoms with van der Waals surface area (Å²) in [5.74, 6) is 0. The van der Waals surface area contributed by atoms with Crippen molar-refractivity contribution in [3.8, 4) is 0 Å². The third kappa shape index (κ3) is 0.924. The van der Waals surface area contributed by atoms with Gasteiger partial charge in [-0.1, -0.05) is 13.3 Å². The van der Waals surface area contributed by atoms with Crippen LogP contribution in [0.5, 0.6) is 0 Å². The van der Waals surface area contributed by atoms with Crippen molar-refractivity contribution >= 4 is 5.52 Å². The number of nitrogens with zero attached hydrogens (tertiary/aromatic N) is 3. The Morgan fingerprint density at radius 1 is 1.36 bits per heavy atom. The monoisotopic (exact) mass is 187 g/mol. The van der Waals surface area contributed by atoms with Gasteiger partial charge in [0, 0.05) is 11.1 Å². The van der Waals surface area contributed by atoms with Crippen LogP contribution in [0.2, 0.25) is 0 Å². The average molecular weight is 187 g/mol. The highest BCUT2D eigenvalue weighted by Crippen LogP contribution is 2.43. The fourth-order valence-corrected chi connectivity index (χ4v) is 2.28. The van der Waals surface area contributed by atoms with E-state index in [1.54, 1.807) is 6.33 Å². The minimum absolute atomic E-state index is 0.348. The van der Waals surface area contributed by atoms with Crippen LogP contribution < -0.4 is 0 Å². The second-order valence-corrected chi connectivity index (χ2v) is 4.38. The predicted molar refractivity (Wildman–Crippen MR) is 54.2 cm³/mol. The zero-order chi connectivity index (χ0) is 9.60. The molecule has 0 radical (unpaired) electrons. The Labute approximate surface area is 82.8 Å². The summed E-state index contributed by atoms with van der Waals surface area (Å²) >= 11 is 0. The van der Waals surface area contributed by atoms with Gasteiger partial charge in [-0.3, -0.25) is 0 Å². The zero-order valence-corrected chi connectivity index (χ0v) is 8.27. The molecule has 0 atom stereocenters. The van der Waals surface area contributed by atoms with Gasteiger partial charge in [0.25, 0.3) is 0 Å². The van der Waals surface area contributed by atoms with Gasteiger partial charge in [-0.05, 0) is 25.0 Å². The second-order valence-electron chi connectivity index (χ2n) is 4.38. The molecule has 1 aliphatic carbocycles. The molecular weight excluding hydrogens is 174 g/mol. The van der Waals surface area contributed by atoms with Crippen LogP contribution in [0.4, 0.5) is 0 Å². The van der Waals surface area contributed by atoms with Gasteiger partial charge in [-0.25, -0.2) is 9.50 Å². The van der Waals surface area contributed by atoms with E-state index in [1.807, 2.05) is 10.7 Å². The van der Waals surface area contributed by atoms with E-state index < -0.39 is 0 Å². The average Bonchev–Trinajstić information content (AvgIpc) is 2.58. The molecule has 2 heterocycles. The third-order valence-electron chi connectivity index (χ3n) is 3.40. The molecule has 0 unspecified atom stereocenters. The molecule has 2 aromatic rings. The topological polar surface area (TPSA) is 30.2 Å². The van der Waals surface area contributed by atoms with Gasteiger partial charge in [0.15, 0.2) is 0 Å². The van der Waals surface area contributed by atoms with Crippen molar-refractivity contribution in [3.05, 3.63) is 30.4 Å². The summed E-state index contributed by atoms with van der Waals surface area (Å²) in [6.45, 7) is 2.32. The number of hydrogen-bond acceptors (Lipinski definition) is 2. The summed E-state index contributed by atoms with van der Waals surface area (Å²) in [6, 6.07) is 4.28. The van der Waals surface area contributed by atoms with Crippen molar-refractivity contribution in [2.45, 2.75) is 31.6 Å². The highest BCUT2D eigenvalue weighted by Gasteiger charge is 2.35. The largest absolute Gasteiger partial charge is 0.241 e. The molecule has 0 spiro atoms. The Kier molecular flexibility index (Phi) is 1.46. The molecule has 0 bridgehead atoms. The van der Waals surface area contributed by atoms with Crippen LogP contribution in [0.25, 0.3) is 5.52 Å². The molecule has 3 heteroatoms. The lowest BCUT2D eigenvalue weighted by Gasteiger charge is -2.37. The Balaban J connectivity index is 2.22. The summed E-state index contributed by atoms with van der Waals surface area (Å²) in [5.41, 5.74) is 2.78. The van der Waals surface area contributed by atoms with Gasteiger partial charge >= 0.3 is 0 Å². The van der Waals surface area contributed by atoms with E-state index in [0.29, 0.717) is 5.41 Å². The standard InChI is InChI=1S/C11H13N3/c1-11(5-2-6-11)10-4-3-9-7-12-8-13-14(9)10/h3-4,7-8H,2,5-6H2,1H3. The molecule has 3 nitrogen and oxygen atoms in total. The van der Waals surface area contributed by atoms with Crippen molar-refractivity contribution in [2.24, 2.45) is 0 Å². The van der Waals surface area contributed by atoms with Gasteiger partial charge in [0.05, 0.1) is 11.7 Å². The van der Waals surface area contributed by atoms with Crippen LogP contribution in [0.1, 0.15) is 31.9 Å². The predicted octanol–water partition coefficient (Wildman–Crippen LogP) is 2.17. The molecule has 1 aliphatic rings. The van der Waals surface area contributed by atoms with Crippen LogP contribution in [-0.2, 0) is 5.41 Å². The summed E-state index contributed by atoms with van der Waals surface area (Å²) in [7, 11) is 0. The Morgan fingerprint density at radius 2 is 2.21 bits per heavy atom. The lowest BCUT2D eigenvalue weighted by atomic mass is 9.68. The molecule has 72 valence electrons. The normalized spacial score (nSPS) is 19.5. The van der Waals surface area contributed by atoms with Crippen LogP contribution in [-0.4, -0.2) is 14.6 Å². The molecule has 1 saturated carbocycles. The molecule has 3 rings (SSSR count). The molecule has 0 amide bonds. The molecular formula is C11H13N3. The van der Waals surface area contributed by atoms with Crippen molar-refractivity contribution in [1.29, 1.82) is 0 Å². The maximum Gasteiger partial charge on any atom is 0.136 e. The lowest BCUT2D eigenvalue weighted by molar-refractivity contribution is 0.260. The van der Waals surface area contributed by atoms with Gasteiger partial charge in [0.1, 0.15) is 6.33 Å². The molecule has 1 fully saturated rings. The van der Waals surface area contributed by atoms with Crippen molar-refractivity contribution in [3.63, 3.8) is 0 Å². The molecule has 0 aliphatic heterocycles. The first-order valence-electron chi connectivity index (χ1n) is 5.08. The first kappa shape index (κ1) is 7.97. The molecule has 0 aromatic carbocycles. The molecule has 2 aromatic heterocycles. The van der Waals surface area contributed by atoms with E-state index in [9.17, 15) is 0 Å². The highest BCUT2D eigenvalue weighted by atomic mass is 15.2. The van der Waals surface area contributed by atoms with Gasteiger partial charge in [-0.15, -0.1) is 0 Å². The molecule has 0 N–H and O–H groups in total. The van der Waals surface area contributed by atoms with E-state index >= 15 is 0 Å². The first-order chi connectivity index (χ1) is 6.80.